The van der Waals surface area contributed by atoms with Gasteiger partial charge in [0.05, 0.1) is 18.5 Å². The third-order valence-electron chi connectivity index (χ3n) is 5.38. The maximum absolute atomic E-state index is 13.1. The number of anilines is 1. The number of piperidine rings is 1. The first-order valence-corrected chi connectivity index (χ1v) is 9.84. The lowest BCUT2D eigenvalue weighted by molar-refractivity contribution is 0.0906. The van der Waals surface area contributed by atoms with E-state index in [1.165, 1.54) is 17.0 Å². The van der Waals surface area contributed by atoms with Crippen LogP contribution in [0, 0.1) is 5.92 Å². The molecule has 4 rings (SSSR count). The van der Waals surface area contributed by atoms with Gasteiger partial charge in [-0.3, -0.25) is 14.2 Å². The highest BCUT2D eigenvalue weighted by atomic mass is 16.5. The number of ketones is 1. The molecule has 1 aliphatic heterocycles. The zero-order chi connectivity index (χ0) is 21.1. The fraction of sp³-hybridized carbons (Fsp3) is 0.318. The van der Waals surface area contributed by atoms with Crippen LogP contribution in [0.1, 0.15) is 23.2 Å². The highest BCUT2D eigenvalue weighted by Crippen LogP contribution is 2.26. The van der Waals surface area contributed by atoms with Crippen molar-refractivity contribution >= 4 is 11.7 Å². The number of hydrogen-bond donors (Lipinski definition) is 0. The van der Waals surface area contributed by atoms with Gasteiger partial charge in [0.1, 0.15) is 12.1 Å². The first kappa shape index (κ1) is 19.8. The van der Waals surface area contributed by atoms with Gasteiger partial charge in [0.15, 0.2) is 5.78 Å². The van der Waals surface area contributed by atoms with Crippen LogP contribution in [-0.4, -0.2) is 45.5 Å². The van der Waals surface area contributed by atoms with Crippen molar-refractivity contribution in [3.8, 4) is 17.1 Å². The average Bonchev–Trinajstić information content (AvgIpc) is 2.81. The third kappa shape index (κ3) is 3.94. The largest absolute Gasteiger partial charge is 0.497 e. The smallest absolute Gasteiger partial charge is 0.255 e. The van der Waals surface area contributed by atoms with Crippen LogP contribution in [-0.2, 0) is 7.05 Å². The van der Waals surface area contributed by atoms with Gasteiger partial charge in [0.25, 0.3) is 5.56 Å². The van der Waals surface area contributed by atoms with Crippen LogP contribution in [0.15, 0.2) is 53.7 Å². The van der Waals surface area contributed by atoms with Gasteiger partial charge in [0.2, 0.25) is 5.95 Å². The molecule has 8 heteroatoms. The Kier molecular flexibility index (Phi) is 5.56. The van der Waals surface area contributed by atoms with Crippen LogP contribution in [0.2, 0.25) is 0 Å². The van der Waals surface area contributed by atoms with Crippen LogP contribution in [0.4, 0.5) is 5.95 Å². The summed E-state index contributed by atoms with van der Waals surface area (Å²) < 4.78 is 6.76. The second-order valence-electron chi connectivity index (χ2n) is 7.31. The SMILES string of the molecule is COc1cccc(C(=O)C2CCCN(c3nc(-c4ccncn4)cc(=O)n3C)C2)c1. The lowest BCUT2D eigenvalue weighted by Gasteiger charge is -2.33. The van der Waals surface area contributed by atoms with E-state index < -0.39 is 0 Å². The van der Waals surface area contributed by atoms with Crippen molar-refractivity contribution in [3.05, 3.63) is 64.8 Å². The summed E-state index contributed by atoms with van der Waals surface area (Å²) in [6.45, 7) is 1.24. The Hall–Kier alpha value is -3.55. The van der Waals surface area contributed by atoms with Crippen molar-refractivity contribution in [2.75, 3.05) is 25.1 Å². The first-order chi connectivity index (χ1) is 14.6. The van der Waals surface area contributed by atoms with Gasteiger partial charge in [-0.2, -0.15) is 0 Å². The molecule has 154 valence electrons. The van der Waals surface area contributed by atoms with E-state index in [9.17, 15) is 9.59 Å². The van der Waals surface area contributed by atoms with E-state index in [0.29, 0.717) is 35.2 Å². The molecule has 8 nitrogen and oxygen atoms in total. The van der Waals surface area contributed by atoms with E-state index in [1.54, 1.807) is 32.5 Å². The summed E-state index contributed by atoms with van der Waals surface area (Å²) in [5.74, 6) is 1.11. The highest BCUT2D eigenvalue weighted by Gasteiger charge is 2.29. The van der Waals surface area contributed by atoms with Crippen molar-refractivity contribution in [1.29, 1.82) is 0 Å². The van der Waals surface area contributed by atoms with Gasteiger partial charge < -0.3 is 9.64 Å². The molecular formula is C22H23N5O3. The normalized spacial score (nSPS) is 16.3. The molecule has 0 radical (unpaired) electrons. The summed E-state index contributed by atoms with van der Waals surface area (Å²) in [5, 5.41) is 0. The van der Waals surface area contributed by atoms with E-state index in [4.69, 9.17) is 4.74 Å². The van der Waals surface area contributed by atoms with Crippen molar-refractivity contribution in [3.63, 3.8) is 0 Å². The number of carbonyl (C=O) groups is 1. The van der Waals surface area contributed by atoms with Crippen molar-refractivity contribution in [1.82, 2.24) is 19.5 Å². The Morgan fingerprint density at radius 2 is 2.07 bits per heavy atom. The lowest BCUT2D eigenvalue weighted by Crippen LogP contribution is -2.42. The van der Waals surface area contributed by atoms with Crippen molar-refractivity contribution in [2.45, 2.75) is 12.8 Å². The summed E-state index contributed by atoms with van der Waals surface area (Å²) in [5.41, 5.74) is 1.55. The van der Waals surface area contributed by atoms with Gasteiger partial charge in [-0.25, -0.2) is 15.0 Å². The van der Waals surface area contributed by atoms with Crippen molar-refractivity contribution < 1.29 is 9.53 Å². The number of carbonyl (C=O) groups excluding carboxylic acids is 1. The average molecular weight is 405 g/mol. The third-order valence-corrected chi connectivity index (χ3v) is 5.38. The standard InChI is InChI=1S/C22H23N5O3/c1-26-20(28)12-19(18-8-9-23-14-24-18)25-22(26)27-10-4-6-16(13-27)21(29)15-5-3-7-17(11-15)30-2/h3,5,7-9,11-12,14,16H,4,6,10,13H2,1-2H3. The van der Waals surface area contributed by atoms with Crippen LogP contribution in [0.3, 0.4) is 0 Å². The molecule has 1 aromatic carbocycles. The lowest BCUT2D eigenvalue weighted by atomic mass is 9.90. The molecule has 2 aromatic heterocycles. The van der Waals surface area contributed by atoms with Gasteiger partial charge in [-0.15, -0.1) is 0 Å². The molecule has 0 N–H and O–H groups in total. The number of rotatable bonds is 5. The second-order valence-corrected chi connectivity index (χ2v) is 7.31. The van der Waals surface area contributed by atoms with Crippen LogP contribution < -0.4 is 15.2 Å². The molecule has 0 amide bonds. The highest BCUT2D eigenvalue weighted by molar-refractivity contribution is 5.98. The number of Topliss-reactive ketones (excluding diaryl/α,β-unsaturated/α-hetero) is 1. The van der Waals surface area contributed by atoms with Gasteiger partial charge >= 0.3 is 0 Å². The minimum Gasteiger partial charge on any atom is -0.497 e. The summed E-state index contributed by atoms with van der Waals surface area (Å²) >= 11 is 0. The van der Waals surface area contributed by atoms with Gasteiger partial charge in [-0.05, 0) is 31.0 Å². The number of benzene rings is 1. The Morgan fingerprint density at radius 3 is 2.83 bits per heavy atom. The van der Waals surface area contributed by atoms with Crippen LogP contribution in [0.25, 0.3) is 11.4 Å². The predicted molar refractivity (Wildman–Crippen MR) is 113 cm³/mol. The maximum Gasteiger partial charge on any atom is 0.255 e. The van der Waals surface area contributed by atoms with Crippen molar-refractivity contribution in [2.24, 2.45) is 13.0 Å². The molecule has 0 saturated carbocycles. The Balaban J connectivity index is 1.62. The monoisotopic (exact) mass is 405 g/mol. The summed E-state index contributed by atoms with van der Waals surface area (Å²) in [7, 11) is 3.28. The quantitative estimate of drug-likeness (QED) is 0.602. The van der Waals surface area contributed by atoms with Crippen LogP contribution >= 0.6 is 0 Å². The zero-order valence-corrected chi connectivity index (χ0v) is 17.0. The number of methoxy groups -OCH3 is 1. The molecule has 0 bridgehead atoms. The molecule has 0 spiro atoms. The predicted octanol–water partition coefficient (Wildman–Crippen LogP) is 2.35. The van der Waals surface area contributed by atoms with E-state index in [0.717, 1.165) is 19.4 Å². The molecular weight excluding hydrogens is 382 g/mol. The molecule has 1 aliphatic rings. The molecule has 1 fully saturated rings. The molecule has 0 aliphatic carbocycles. The molecule has 1 unspecified atom stereocenters. The summed E-state index contributed by atoms with van der Waals surface area (Å²) in [6, 6.07) is 10.4. The molecule has 3 heterocycles. The van der Waals surface area contributed by atoms with E-state index >= 15 is 0 Å². The minimum absolute atomic E-state index is 0.0792. The molecule has 1 atom stereocenters. The van der Waals surface area contributed by atoms with E-state index in [1.807, 2.05) is 23.1 Å². The Labute approximate surface area is 174 Å². The topological polar surface area (TPSA) is 90.2 Å². The van der Waals surface area contributed by atoms with Crippen LogP contribution in [0.5, 0.6) is 5.75 Å². The number of aromatic nitrogens is 4. The number of ether oxygens (including phenoxy) is 1. The Morgan fingerprint density at radius 1 is 1.20 bits per heavy atom. The fourth-order valence-corrected chi connectivity index (χ4v) is 3.77. The molecule has 3 aromatic rings. The Bertz CT molecular complexity index is 1110. The molecule has 30 heavy (non-hydrogen) atoms. The number of nitrogens with zero attached hydrogens (tertiary/aromatic N) is 5. The summed E-state index contributed by atoms with van der Waals surface area (Å²) in [4.78, 5) is 40.5. The molecule has 1 saturated heterocycles. The summed E-state index contributed by atoms with van der Waals surface area (Å²) in [6.07, 6.45) is 4.68. The van der Waals surface area contributed by atoms with E-state index in [-0.39, 0.29) is 17.3 Å². The van der Waals surface area contributed by atoms with Gasteiger partial charge in [0, 0.05) is 43.9 Å². The maximum atomic E-state index is 13.1. The van der Waals surface area contributed by atoms with E-state index in [2.05, 4.69) is 15.0 Å². The zero-order valence-electron chi connectivity index (χ0n) is 17.0. The second kappa shape index (κ2) is 8.44. The number of hydrogen-bond acceptors (Lipinski definition) is 7. The minimum atomic E-state index is -0.175. The van der Waals surface area contributed by atoms with Gasteiger partial charge in [-0.1, -0.05) is 12.1 Å². The first-order valence-electron chi connectivity index (χ1n) is 9.84. The fourth-order valence-electron chi connectivity index (χ4n) is 3.77.